The van der Waals surface area contributed by atoms with E-state index in [-0.39, 0.29) is 10.7 Å². The van der Waals surface area contributed by atoms with Gasteiger partial charge in [-0.3, -0.25) is 0 Å². The first kappa shape index (κ1) is 10.4. The van der Waals surface area contributed by atoms with Crippen LogP contribution in [0.25, 0.3) is 0 Å². The molecule has 0 bridgehead atoms. The molecule has 1 nitrogen and oxygen atoms in total. The summed E-state index contributed by atoms with van der Waals surface area (Å²) < 4.78 is 13.1. The lowest BCUT2D eigenvalue weighted by molar-refractivity contribution is 0.632. The van der Waals surface area contributed by atoms with Crippen LogP contribution in [0.1, 0.15) is 5.56 Å². The molecule has 0 unspecified atom stereocenters. The van der Waals surface area contributed by atoms with E-state index in [4.69, 9.17) is 17.3 Å². The zero-order chi connectivity index (χ0) is 9.84. The molecule has 2 N–H and O–H groups in total. The molecule has 0 radical (unpaired) electrons. The molecule has 0 fully saturated rings. The molecular weight excluding hydrogens is 256 g/mol. The lowest BCUT2D eigenvalue weighted by Crippen LogP contribution is -1.92. The van der Waals surface area contributed by atoms with E-state index in [2.05, 4.69) is 27.8 Å². The van der Waals surface area contributed by atoms with Crippen LogP contribution in [0, 0.1) is 17.7 Å². The van der Waals surface area contributed by atoms with Gasteiger partial charge in [-0.25, -0.2) is 4.39 Å². The topological polar surface area (TPSA) is 26.0 Å². The molecule has 0 amide bonds. The van der Waals surface area contributed by atoms with Crippen LogP contribution < -0.4 is 5.73 Å². The summed E-state index contributed by atoms with van der Waals surface area (Å²) in [6, 6.07) is 3.04. The van der Waals surface area contributed by atoms with E-state index in [0.717, 1.165) is 0 Å². The first-order chi connectivity index (χ1) is 6.16. The highest BCUT2D eigenvalue weighted by atomic mass is 79.9. The maximum Gasteiger partial charge on any atom is 0.165 e. The molecule has 0 spiro atoms. The Kier molecular flexibility index (Phi) is 3.58. The average Bonchev–Trinajstić information content (AvgIpc) is 2.13. The van der Waals surface area contributed by atoms with E-state index >= 15 is 0 Å². The quantitative estimate of drug-likeness (QED) is 0.434. The molecule has 0 aliphatic rings. The Hall–Kier alpha value is -0.720. The summed E-state index contributed by atoms with van der Waals surface area (Å²) >= 11 is 8.79. The minimum atomic E-state index is -0.608. The molecule has 0 saturated heterocycles. The molecule has 68 valence electrons. The molecule has 0 aliphatic carbocycles. The summed E-state index contributed by atoms with van der Waals surface area (Å²) in [6.07, 6.45) is 0. The van der Waals surface area contributed by atoms with Crippen LogP contribution in [0.4, 0.5) is 10.1 Å². The highest BCUT2D eigenvalue weighted by molar-refractivity contribution is 9.09. The van der Waals surface area contributed by atoms with Crippen molar-refractivity contribution in [2.75, 3.05) is 11.1 Å². The Labute approximate surface area is 89.2 Å². The monoisotopic (exact) mass is 261 g/mol. The van der Waals surface area contributed by atoms with Gasteiger partial charge in [0.2, 0.25) is 0 Å². The Morgan fingerprint density at radius 3 is 2.85 bits per heavy atom. The third kappa shape index (κ3) is 2.36. The fraction of sp³-hybridized carbons (Fsp3) is 0.111. The number of alkyl halides is 1. The molecule has 4 heteroatoms. The first-order valence-corrected chi connectivity index (χ1v) is 4.95. The number of nitrogens with two attached hydrogens (primary N) is 1. The molecule has 0 saturated carbocycles. The second kappa shape index (κ2) is 4.50. The van der Waals surface area contributed by atoms with Gasteiger partial charge in [-0.05, 0) is 12.1 Å². The molecular formula is C9H6BrClFN. The summed E-state index contributed by atoms with van der Waals surface area (Å²) in [5.74, 6) is 4.82. The fourth-order valence-electron chi connectivity index (χ4n) is 0.790. The fourth-order valence-corrected chi connectivity index (χ4v) is 1.15. The van der Waals surface area contributed by atoms with Crippen molar-refractivity contribution < 1.29 is 4.39 Å². The summed E-state index contributed by atoms with van der Waals surface area (Å²) in [4.78, 5) is 0. The van der Waals surface area contributed by atoms with Crippen molar-refractivity contribution in [2.24, 2.45) is 0 Å². The van der Waals surface area contributed by atoms with Gasteiger partial charge in [-0.1, -0.05) is 39.4 Å². The highest BCUT2D eigenvalue weighted by Crippen LogP contribution is 2.23. The lowest BCUT2D eigenvalue weighted by Gasteiger charge is -2.00. The van der Waals surface area contributed by atoms with Crippen molar-refractivity contribution in [1.82, 2.24) is 0 Å². The number of anilines is 1. The van der Waals surface area contributed by atoms with Crippen LogP contribution in [-0.2, 0) is 0 Å². The zero-order valence-corrected chi connectivity index (χ0v) is 8.91. The average molecular weight is 263 g/mol. The van der Waals surface area contributed by atoms with Crippen LogP contribution in [0.3, 0.4) is 0 Å². The first-order valence-electron chi connectivity index (χ1n) is 3.45. The largest absolute Gasteiger partial charge is 0.396 e. The Balaban J connectivity index is 3.18. The summed E-state index contributed by atoms with van der Waals surface area (Å²) in [5.41, 5.74) is 5.79. The van der Waals surface area contributed by atoms with Crippen LogP contribution >= 0.6 is 27.5 Å². The van der Waals surface area contributed by atoms with Gasteiger partial charge in [0.15, 0.2) is 5.82 Å². The summed E-state index contributed by atoms with van der Waals surface area (Å²) in [5, 5.41) is 0.503. The second-order valence-corrected chi connectivity index (χ2v) is 3.20. The van der Waals surface area contributed by atoms with E-state index in [9.17, 15) is 4.39 Å². The van der Waals surface area contributed by atoms with E-state index in [0.29, 0.717) is 10.9 Å². The number of halogens is 3. The van der Waals surface area contributed by atoms with Crippen LogP contribution in [-0.4, -0.2) is 5.33 Å². The van der Waals surface area contributed by atoms with Crippen molar-refractivity contribution in [2.45, 2.75) is 0 Å². The zero-order valence-electron chi connectivity index (χ0n) is 6.57. The van der Waals surface area contributed by atoms with E-state index in [1.54, 1.807) is 6.07 Å². The maximum atomic E-state index is 13.1. The molecule has 0 atom stereocenters. The minimum Gasteiger partial charge on any atom is -0.396 e. The summed E-state index contributed by atoms with van der Waals surface area (Å²) in [7, 11) is 0. The van der Waals surface area contributed by atoms with E-state index in [1.807, 2.05) is 0 Å². The molecule has 1 aromatic carbocycles. The summed E-state index contributed by atoms with van der Waals surface area (Å²) in [6.45, 7) is 0. The molecule has 1 rings (SSSR count). The van der Waals surface area contributed by atoms with Gasteiger partial charge >= 0.3 is 0 Å². The van der Waals surface area contributed by atoms with Gasteiger partial charge in [0.05, 0.1) is 16.0 Å². The van der Waals surface area contributed by atoms with Crippen molar-refractivity contribution >= 4 is 33.2 Å². The highest BCUT2D eigenvalue weighted by Gasteiger charge is 2.07. The number of hydrogen-bond donors (Lipinski definition) is 1. The molecule has 0 heterocycles. The Bertz CT molecular complexity index is 381. The van der Waals surface area contributed by atoms with Crippen molar-refractivity contribution in [3.63, 3.8) is 0 Å². The maximum absolute atomic E-state index is 13.1. The predicted octanol–water partition coefficient (Wildman–Crippen LogP) is 2.81. The van der Waals surface area contributed by atoms with Crippen molar-refractivity contribution in [3.8, 4) is 11.8 Å². The standard InChI is InChI=1S/C9H6BrClFN/c10-5-1-2-6-3-4-7(13)9(12)8(6)11/h3-4H,5,13H2. The smallest absolute Gasteiger partial charge is 0.165 e. The molecule has 1 aromatic rings. The lowest BCUT2D eigenvalue weighted by atomic mass is 10.2. The number of nitrogen functional groups attached to an aromatic ring is 1. The second-order valence-electron chi connectivity index (χ2n) is 2.27. The normalized spacial score (nSPS) is 9.15. The van der Waals surface area contributed by atoms with Gasteiger partial charge in [0.1, 0.15) is 0 Å². The minimum absolute atomic E-state index is 0.0200. The van der Waals surface area contributed by atoms with Crippen LogP contribution in [0.2, 0.25) is 5.02 Å². The van der Waals surface area contributed by atoms with E-state index in [1.165, 1.54) is 6.07 Å². The molecule has 0 aromatic heterocycles. The SMILES string of the molecule is Nc1ccc(C#CCBr)c(Cl)c1F. The Morgan fingerprint density at radius 1 is 1.54 bits per heavy atom. The third-order valence-corrected chi connectivity index (χ3v) is 2.05. The van der Waals surface area contributed by atoms with E-state index < -0.39 is 5.82 Å². The van der Waals surface area contributed by atoms with Gasteiger partial charge in [0, 0.05) is 5.56 Å². The van der Waals surface area contributed by atoms with Crippen molar-refractivity contribution in [1.29, 1.82) is 0 Å². The van der Waals surface area contributed by atoms with Gasteiger partial charge in [0.25, 0.3) is 0 Å². The number of rotatable bonds is 0. The van der Waals surface area contributed by atoms with Crippen molar-refractivity contribution in [3.05, 3.63) is 28.5 Å². The molecule has 0 aliphatic heterocycles. The third-order valence-electron chi connectivity index (χ3n) is 1.40. The number of benzene rings is 1. The van der Waals surface area contributed by atoms with Crippen LogP contribution in [0.5, 0.6) is 0 Å². The Morgan fingerprint density at radius 2 is 2.23 bits per heavy atom. The molecule has 13 heavy (non-hydrogen) atoms. The van der Waals surface area contributed by atoms with Gasteiger partial charge < -0.3 is 5.73 Å². The van der Waals surface area contributed by atoms with Gasteiger partial charge in [-0.15, -0.1) is 0 Å². The number of hydrogen-bond acceptors (Lipinski definition) is 1. The van der Waals surface area contributed by atoms with Crippen LogP contribution in [0.15, 0.2) is 12.1 Å². The van der Waals surface area contributed by atoms with Gasteiger partial charge in [-0.2, -0.15) is 0 Å². The predicted molar refractivity (Wildman–Crippen MR) is 56.5 cm³/mol.